The van der Waals surface area contributed by atoms with Crippen molar-refractivity contribution >= 4 is 32.8 Å². The lowest BCUT2D eigenvalue weighted by atomic mass is 10.2. The smallest absolute Gasteiger partial charge is 0.258 e. The minimum atomic E-state index is -0.378. The predicted molar refractivity (Wildman–Crippen MR) is 92.4 cm³/mol. The summed E-state index contributed by atoms with van der Waals surface area (Å²) in [6.45, 7) is 1.66. The van der Waals surface area contributed by atoms with E-state index in [9.17, 15) is 9.18 Å². The average molecular weight is 392 g/mol. The second-order valence-electron chi connectivity index (χ2n) is 5.34. The van der Waals surface area contributed by atoms with Gasteiger partial charge in [-0.3, -0.25) is 4.79 Å². The number of carbonyl (C=O) groups is 1. The van der Waals surface area contributed by atoms with Crippen molar-refractivity contribution in [3.8, 4) is 5.75 Å². The van der Waals surface area contributed by atoms with Crippen LogP contribution in [0.25, 0.3) is 11.0 Å². The van der Waals surface area contributed by atoms with E-state index in [1.165, 1.54) is 18.2 Å². The minimum absolute atomic E-state index is 0.172. The van der Waals surface area contributed by atoms with Crippen molar-refractivity contribution in [2.75, 3.05) is 6.61 Å². The molecule has 0 saturated heterocycles. The van der Waals surface area contributed by atoms with Crippen LogP contribution in [-0.2, 0) is 4.79 Å². The Morgan fingerprint density at radius 2 is 2.08 bits per heavy atom. The van der Waals surface area contributed by atoms with Crippen molar-refractivity contribution in [2.45, 2.75) is 13.0 Å². The summed E-state index contributed by atoms with van der Waals surface area (Å²) in [6.07, 6.45) is 0. The number of para-hydroxylation sites is 1. The molecule has 0 spiro atoms. The molecule has 4 nitrogen and oxygen atoms in total. The number of furan rings is 1. The molecule has 1 heterocycles. The van der Waals surface area contributed by atoms with Gasteiger partial charge >= 0.3 is 0 Å². The van der Waals surface area contributed by atoms with Crippen molar-refractivity contribution in [3.63, 3.8) is 0 Å². The number of benzene rings is 2. The number of hydrogen-bond acceptors (Lipinski definition) is 3. The number of amides is 1. The number of nitrogens with one attached hydrogen (secondary N) is 1. The topological polar surface area (TPSA) is 51.5 Å². The van der Waals surface area contributed by atoms with E-state index in [1.807, 2.05) is 37.3 Å². The molecule has 0 aliphatic carbocycles. The van der Waals surface area contributed by atoms with Crippen LogP contribution >= 0.6 is 15.9 Å². The highest BCUT2D eigenvalue weighted by Gasteiger charge is 2.15. The van der Waals surface area contributed by atoms with Crippen LogP contribution in [0.5, 0.6) is 5.75 Å². The molecule has 1 aromatic heterocycles. The van der Waals surface area contributed by atoms with Crippen LogP contribution in [0, 0.1) is 5.82 Å². The van der Waals surface area contributed by atoms with Crippen LogP contribution in [-0.4, -0.2) is 12.5 Å². The molecule has 3 aromatic rings. The molecule has 1 amide bonds. The number of fused-ring (bicyclic) bond motifs is 1. The Labute approximate surface area is 146 Å². The molecule has 0 aliphatic heterocycles. The quantitative estimate of drug-likeness (QED) is 0.691. The van der Waals surface area contributed by atoms with Gasteiger partial charge in [-0.15, -0.1) is 0 Å². The van der Waals surface area contributed by atoms with Gasteiger partial charge in [-0.2, -0.15) is 0 Å². The number of carbonyl (C=O) groups excluding carboxylic acids is 1. The van der Waals surface area contributed by atoms with Crippen molar-refractivity contribution in [1.82, 2.24) is 5.32 Å². The van der Waals surface area contributed by atoms with Gasteiger partial charge in [-0.05, 0) is 53.2 Å². The zero-order chi connectivity index (χ0) is 17.1. The highest BCUT2D eigenvalue weighted by molar-refractivity contribution is 9.10. The van der Waals surface area contributed by atoms with Crippen molar-refractivity contribution in [2.24, 2.45) is 0 Å². The first-order valence-electron chi connectivity index (χ1n) is 7.38. The van der Waals surface area contributed by atoms with Crippen LogP contribution in [0.3, 0.4) is 0 Å². The number of ether oxygens (including phenoxy) is 1. The fourth-order valence-electron chi connectivity index (χ4n) is 2.31. The van der Waals surface area contributed by atoms with E-state index in [0.29, 0.717) is 16.0 Å². The van der Waals surface area contributed by atoms with Gasteiger partial charge in [0, 0.05) is 5.39 Å². The summed E-state index contributed by atoms with van der Waals surface area (Å²) >= 11 is 3.19. The fraction of sp³-hybridized carbons (Fsp3) is 0.167. The lowest BCUT2D eigenvalue weighted by Crippen LogP contribution is -2.31. The molecule has 0 bridgehead atoms. The molecule has 0 unspecified atom stereocenters. The minimum Gasteiger partial charge on any atom is -0.483 e. The van der Waals surface area contributed by atoms with Gasteiger partial charge in [0.2, 0.25) is 0 Å². The third kappa shape index (κ3) is 3.76. The maximum atomic E-state index is 13.0. The predicted octanol–water partition coefficient (Wildman–Crippen LogP) is 4.59. The monoisotopic (exact) mass is 391 g/mol. The average Bonchev–Trinajstić information content (AvgIpc) is 2.98. The first-order chi connectivity index (χ1) is 11.5. The molecule has 0 fully saturated rings. The highest BCUT2D eigenvalue weighted by atomic mass is 79.9. The third-order valence-electron chi connectivity index (χ3n) is 3.50. The summed E-state index contributed by atoms with van der Waals surface area (Å²) in [5.74, 6) is 0.409. The molecule has 0 radical (unpaired) electrons. The SMILES string of the molecule is C[C@H](NC(=O)COc1ccc(F)cc1Br)c1cc2ccccc2o1. The Hall–Kier alpha value is -2.34. The Morgan fingerprint density at radius 3 is 2.83 bits per heavy atom. The molecule has 6 heteroatoms. The van der Waals surface area contributed by atoms with Crippen molar-refractivity contribution in [3.05, 3.63) is 64.6 Å². The van der Waals surface area contributed by atoms with E-state index in [4.69, 9.17) is 9.15 Å². The van der Waals surface area contributed by atoms with E-state index in [0.717, 1.165) is 11.0 Å². The van der Waals surface area contributed by atoms with Crippen LogP contribution in [0.1, 0.15) is 18.7 Å². The molecule has 0 aliphatic rings. The van der Waals surface area contributed by atoms with Gasteiger partial charge in [0.25, 0.3) is 5.91 Å². The Balaban J connectivity index is 1.59. The van der Waals surface area contributed by atoms with Gasteiger partial charge in [0.05, 0.1) is 10.5 Å². The summed E-state index contributed by atoms with van der Waals surface area (Å²) in [5, 5.41) is 3.80. The number of rotatable bonds is 5. The molecule has 3 rings (SSSR count). The van der Waals surface area contributed by atoms with Crippen LogP contribution in [0.15, 0.2) is 57.4 Å². The molecular formula is C18H15BrFNO3. The van der Waals surface area contributed by atoms with E-state index < -0.39 is 0 Å². The zero-order valence-corrected chi connectivity index (χ0v) is 14.5. The lowest BCUT2D eigenvalue weighted by molar-refractivity contribution is -0.123. The van der Waals surface area contributed by atoms with Crippen molar-refractivity contribution in [1.29, 1.82) is 0 Å². The number of hydrogen-bond donors (Lipinski definition) is 1. The Morgan fingerprint density at radius 1 is 1.29 bits per heavy atom. The van der Waals surface area contributed by atoms with Gasteiger partial charge in [0.1, 0.15) is 22.9 Å². The normalized spacial score (nSPS) is 12.1. The molecule has 1 atom stereocenters. The summed E-state index contributed by atoms with van der Waals surface area (Å²) in [5.41, 5.74) is 0.778. The summed E-state index contributed by atoms with van der Waals surface area (Å²) in [7, 11) is 0. The third-order valence-corrected chi connectivity index (χ3v) is 4.12. The first kappa shape index (κ1) is 16.5. The summed E-state index contributed by atoms with van der Waals surface area (Å²) in [4.78, 5) is 12.0. The fourth-order valence-corrected chi connectivity index (χ4v) is 2.77. The molecule has 2 aromatic carbocycles. The van der Waals surface area contributed by atoms with Crippen molar-refractivity contribution < 1.29 is 18.3 Å². The van der Waals surface area contributed by atoms with Gasteiger partial charge < -0.3 is 14.5 Å². The van der Waals surface area contributed by atoms with Gasteiger partial charge in [0.15, 0.2) is 6.61 Å². The standard InChI is InChI=1S/C18H15BrFNO3/c1-11(17-8-12-4-2-3-5-15(12)24-17)21-18(22)10-23-16-7-6-13(20)9-14(16)19/h2-9,11H,10H2,1H3,(H,21,22)/t11-/m0/s1. The maximum absolute atomic E-state index is 13.0. The van der Waals surface area contributed by atoms with Gasteiger partial charge in [-0.25, -0.2) is 4.39 Å². The van der Waals surface area contributed by atoms with E-state index >= 15 is 0 Å². The van der Waals surface area contributed by atoms with Gasteiger partial charge in [-0.1, -0.05) is 18.2 Å². The zero-order valence-electron chi connectivity index (χ0n) is 12.9. The van der Waals surface area contributed by atoms with E-state index in [2.05, 4.69) is 21.2 Å². The second kappa shape index (κ2) is 7.05. The number of halogens is 2. The maximum Gasteiger partial charge on any atom is 0.258 e. The molecule has 24 heavy (non-hydrogen) atoms. The second-order valence-corrected chi connectivity index (χ2v) is 6.19. The molecular weight excluding hydrogens is 377 g/mol. The summed E-state index contributed by atoms with van der Waals surface area (Å²) < 4.78 is 24.6. The van der Waals surface area contributed by atoms with Crippen LogP contribution in [0.4, 0.5) is 4.39 Å². The van der Waals surface area contributed by atoms with E-state index in [-0.39, 0.29) is 24.4 Å². The summed E-state index contributed by atoms with van der Waals surface area (Å²) in [6, 6.07) is 13.3. The van der Waals surface area contributed by atoms with E-state index in [1.54, 1.807) is 0 Å². The Bertz CT molecular complexity index is 845. The molecule has 124 valence electrons. The Kier molecular flexibility index (Phi) is 4.85. The van der Waals surface area contributed by atoms with Crippen LogP contribution < -0.4 is 10.1 Å². The largest absolute Gasteiger partial charge is 0.483 e. The molecule has 0 saturated carbocycles. The first-order valence-corrected chi connectivity index (χ1v) is 8.18. The highest BCUT2D eigenvalue weighted by Crippen LogP contribution is 2.26. The van der Waals surface area contributed by atoms with Crippen LogP contribution in [0.2, 0.25) is 0 Å². The molecule has 1 N–H and O–H groups in total. The lowest BCUT2D eigenvalue weighted by Gasteiger charge is -2.12.